The molecule has 130 valence electrons. The number of carbonyl (C=O) groups is 2. The lowest BCUT2D eigenvalue weighted by Crippen LogP contribution is -2.40. The van der Waals surface area contributed by atoms with E-state index in [4.69, 9.17) is 4.74 Å². The average molecular weight is 355 g/mol. The van der Waals surface area contributed by atoms with E-state index in [1.54, 1.807) is 0 Å². The quantitative estimate of drug-likeness (QED) is 0.753. The molecule has 0 radical (unpaired) electrons. The number of phenols is 1. The van der Waals surface area contributed by atoms with Crippen molar-refractivity contribution in [1.29, 1.82) is 0 Å². The van der Waals surface area contributed by atoms with Gasteiger partial charge < -0.3 is 9.84 Å². The van der Waals surface area contributed by atoms with Crippen molar-refractivity contribution in [2.75, 3.05) is 44.8 Å². The molecule has 1 aromatic carbocycles. The molecule has 1 aromatic rings. The molecule has 2 fully saturated rings. The second-order valence-corrected chi connectivity index (χ2v) is 7.43. The first-order valence-electron chi connectivity index (χ1n) is 7.31. The van der Waals surface area contributed by atoms with Crippen LogP contribution in [0, 0.1) is 0 Å². The summed E-state index contributed by atoms with van der Waals surface area (Å²) in [4.78, 5) is 25.5. The van der Waals surface area contributed by atoms with Gasteiger partial charge in [-0.15, -0.1) is 0 Å². The van der Waals surface area contributed by atoms with Crippen molar-refractivity contribution in [3.8, 4) is 5.75 Å². The van der Waals surface area contributed by atoms with E-state index >= 15 is 0 Å². The zero-order valence-corrected chi connectivity index (χ0v) is 13.8. The molecular formula is C14H17N3O6S. The van der Waals surface area contributed by atoms with E-state index in [-0.39, 0.29) is 36.0 Å². The van der Waals surface area contributed by atoms with E-state index < -0.39 is 22.0 Å². The third-order valence-electron chi connectivity index (χ3n) is 4.03. The molecule has 2 heterocycles. The number of amides is 3. The highest BCUT2D eigenvalue weighted by molar-refractivity contribution is 7.89. The molecule has 0 bridgehead atoms. The Bertz CT molecular complexity index is 788. The Hall–Kier alpha value is -2.17. The third kappa shape index (κ3) is 2.72. The number of ether oxygens (including phenoxy) is 1. The second-order valence-electron chi connectivity index (χ2n) is 5.49. The van der Waals surface area contributed by atoms with Crippen molar-refractivity contribution in [1.82, 2.24) is 9.21 Å². The maximum Gasteiger partial charge on any atom is 0.331 e. The fraction of sp³-hybridized carbons (Fsp3) is 0.429. The number of imide groups is 1. The number of benzene rings is 1. The van der Waals surface area contributed by atoms with Crippen molar-refractivity contribution >= 4 is 27.6 Å². The summed E-state index contributed by atoms with van der Waals surface area (Å²) in [5.74, 6) is -0.773. The number of carbonyl (C=O) groups excluding carboxylic acids is 2. The van der Waals surface area contributed by atoms with Crippen LogP contribution in [0.2, 0.25) is 0 Å². The first kappa shape index (κ1) is 16.7. The first-order chi connectivity index (χ1) is 11.3. The van der Waals surface area contributed by atoms with Crippen molar-refractivity contribution in [3.05, 3.63) is 18.2 Å². The van der Waals surface area contributed by atoms with Crippen molar-refractivity contribution < 1.29 is 27.9 Å². The monoisotopic (exact) mass is 355 g/mol. The number of rotatable bonds is 3. The fourth-order valence-corrected chi connectivity index (χ4v) is 4.04. The highest BCUT2D eigenvalue weighted by atomic mass is 32.2. The molecule has 0 aliphatic carbocycles. The van der Waals surface area contributed by atoms with E-state index in [0.717, 1.165) is 15.9 Å². The Balaban J connectivity index is 1.90. The standard InChI is InChI=1S/C14H17N3O6S/c1-15-13(19)9-17(14(15)20)11-3-2-10(8-12(11)18)24(21,22)16-4-6-23-7-5-16/h2-3,8,18H,4-7,9H2,1H3. The van der Waals surface area contributed by atoms with Gasteiger partial charge in [-0.25, -0.2) is 13.2 Å². The molecule has 2 saturated heterocycles. The van der Waals surface area contributed by atoms with Gasteiger partial charge in [0.05, 0.1) is 23.8 Å². The lowest BCUT2D eigenvalue weighted by atomic mass is 10.2. The summed E-state index contributed by atoms with van der Waals surface area (Å²) in [5.41, 5.74) is 0.0960. The van der Waals surface area contributed by atoms with Crippen molar-refractivity contribution in [2.24, 2.45) is 0 Å². The lowest BCUT2D eigenvalue weighted by Gasteiger charge is -2.26. The summed E-state index contributed by atoms with van der Waals surface area (Å²) in [6, 6.07) is 3.16. The van der Waals surface area contributed by atoms with Crippen molar-refractivity contribution in [2.45, 2.75) is 4.90 Å². The second kappa shape index (κ2) is 6.04. The molecule has 9 nitrogen and oxygen atoms in total. The van der Waals surface area contributed by atoms with Crippen LogP contribution in [0.1, 0.15) is 0 Å². The van der Waals surface area contributed by atoms with E-state index in [0.29, 0.717) is 13.2 Å². The lowest BCUT2D eigenvalue weighted by molar-refractivity contribution is -0.123. The topological polar surface area (TPSA) is 107 Å². The summed E-state index contributed by atoms with van der Waals surface area (Å²) < 4.78 is 31.5. The van der Waals surface area contributed by atoms with Gasteiger partial charge in [0, 0.05) is 26.2 Å². The highest BCUT2D eigenvalue weighted by Gasteiger charge is 2.36. The summed E-state index contributed by atoms with van der Waals surface area (Å²) >= 11 is 0. The van der Waals surface area contributed by atoms with Gasteiger partial charge in [-0.1, -0.05) is 0 Å². The molecule has 0 atom stereocenters. The zero-order chi connectivity index (χ0) is 17.5. The minimum absolute atomic E-state index is 0.0722. The van der Waals surface area contributed by atoms with Gasteiger partial charge in [0.1, 0.15) is 12.3 Å². The number of anilines is 1. The molecular weight excluding hydrogens is 338 g/mol. The van der Waals surface area contributed by atoms with Gasteiger partial charge in [-0.05, 0) is 12.1 Å². The van der Waals surface area contributed by atoms with Crippen LogP contribution in [0.15, 0.2) is 23.1 Å². The van der Waals surface area contributed by atoms with Crippen LogP contribution < -0.4 is 4.90 Å². The zero-order valence-electron chi connectivity index (χ0n) is 13.0. The van der Waals surface area contributed by atoms with E-state index in [9.17, 15) is 23.1 Å². The Morgan fingerprint density at radius 2 is 1.83 bits per heavy atom. The van der Waals surface area contributed by atoms with Crippen LogP contribution in [0.3, 0.4) is 0 Å². The van der Waals surface area contributed by atoms with E-state index in [2.05, 4.69) is 0 Å². The summed E-state index contributed by atoms with van der Waals surface area (Å²) in [5, 5.41) is 10.2. The van der Waals surface area contributed by atoms with Crippen LogP contribution in [0.4, 0.5) is 10.5 Å². The van der Waals surface area contributed by atoms with Gasteiger partial charge in [-0.2, -0.15) is 4.31 Å². The number of aromatic hydroxyl groups is 1. The number of urea groups is 1. The normalized spacial score (nSPS) is 20.0. The molecule has 0 unspecified atom stereocenters. The Kier molecular flexibility index (Phi) is 4.20. The molecule has 10 heteroatoms. The average Bonchev–Trinajstić information content (AvgIpc) is 2.83. The highest BCUT2D eigenvalue weighted by Crippen LogP contribution is 2.33. The maximum absolute atomic E-state index is 12.6. The number of hydrogen-bond acceptors (Lipinski definition) is 6. The number of morpholine rings is 1. The minimum atomic E-state index is -3.75. The Labute approximate surface area is 139 Å². The van der Waals surface area contributed by atoms with Gasteiger partial charge >= 0.3 is 6.03 Å². The molecule has 2 aliphatic heterocycles. The van der Waals surface area contributed by atoms with Gasteiger partial charge in [0.2, 0.25) is 15.9 Å². The number of hydrogen-bond donors (Lipinski definition) is 1. The van der Waals surface area contributed by atoms with Crippen LogP contribution in [-0.2, 0) is 19.6 Å². The summed E-state index contributed by atoms with van der Waals surface area (Å²) in [6.45, 7) is 0.933. The van der Waals surface area contributed by atoms with Gasteiger partial charge in [0.25, 0.3) is 0 Å². The molecule has 0 spiro atoms. The van der Waals surface area contributed by atoms with Crippen LogP contribution in [0.25, 0.3) is 0 Å². The largest absolute Gasteiger partial charge is 0.506 e. The minimum Gasteiger partial charge on any atom is -0.506 e. The number of likely N-dealkylation sites (N-methyl/N-ethyl adjacent to an activating group) is 1. The van der Waals surface area contributed by atoms with Gasteiger partial charge in [-0.3, -0.25) is 14.6 Å². The smallest absolute Gasteiger partial charge is 0.331 e. The molecule has 3 amide bonds. The molecule has 24 heavy (non-hydrogen) atoms. The Morgan fingerprint density at radius 1 is 1.17 bits per heavy atom. The summed E-state index contributed by atoms with van der Waals surface area (Å²) in [7, 11) is -2.40. The number of phenolic OH excluding ortho intramolecular Hbond substituents is 1. The first-order valence-corrected chi connectivity index (χ1v) is 8.75. The van der Waals surface area contributed by atoms with Crippen LogP contribution in [-0.4, -0.2) is 74.6 Å². The van der Waals surface area contributed by atoms with E-state index in [1.807, 2.05) is 0 Å². The van der Waals surface area contributed by atoms with Crippen LogP contribution >= 0.6 is 0 Å². The number of sulfonamides is 1. The Morgan fingerprint density at radius 3 is 2.38 bits per heavy atom. The van der Waals surface area contributed by atoms with E-state index in [1.165, 1.54) is 23.5 Å². The fourth-order valence-electron chi connectivity index (χ4n) is 2.61. The van der Waals surface area contributed by atoms with Crippen LogP contribution in [0.5, 0.6) is 5.75 Å². The number of nitrogens with zero attached hydrogens (tertiary/aromatic N) is 3. The predicted octanol–water partition coefficient (Wildman–Crippen LogP) is -0.188. The molecule has 1 N–H and O–H groups in total. The third-order valence-corrected chi connectivity index (χ3v) is 5.93. The maximum atomic E-state index is 12.6. The van der Waals surface area contributed by atoms with Gasteiger partial charge in [0.15, 0.2) is 0 Å². The predicted molar refractivity (Wildman–Crippen MR) is 83.2 cm³/mol. The molecule has 0 saturated carbocycles. The molecule has 3 rings (SSSR count). The van der Waals surface area contributed by atoms with Crippen molar-refractivity contribution in [3.63, 3.8) is 0 Å². The molecule has 2 aliphatic rings. The molecule has 0 aromatic heterocycles. The summed E-state index contributed by atoms with van der Waals surface area (Å²) in [6.07, 6.45) is 0. The SMILES string of the molecule is CN1C(=O)CN(c2ccc(S(=O)(=O)N3CCOCC3)cc2O)C1=O.